The molecule has 0 aliphatic carbocycles. The number of nitrogen functional groups attached to an aromatic ring is 1. The highest BCUT2D eigenvalue weighted by Gasteiger charge is 2.18. The number of hydrogen-bond acceptors (Lipinski definition) is 4. The van der Waals surface area contributed by atoms with Crippen LogP contribution in [0.3, 0.4) is 0 Å². The van der Waals surface area contributed by atoms with Crippen molar-refractivity contribution in [2.75, 3.05) is 18.8 Å². The maximum atomic E-state index is 5.74. The predicted octanol–water partition coefficient (Wildman–Crippen LogP) is 0.728. The second kappa shape index (κ2) is 3.33. The zero-order valence-corrected chi connectivity index (χ0v) is 7.47. The van der Waals surface area contributed by atoms with E-state index in [-0.39, 0.29) is 0 Å². The van der Waals surface area contributed by atoms with Crippen molar-refractivity contribution in [2.45, 2.75) is 10.1 Å². The van der Waals surface area contributed by atoms with Crippen molar-refractivity contribution >= 4 is 17.4 Å². The third kappa shape index (κ3) is 1.54. The van der Waals surface area contributed by atoms with E-state index in [1.165, 1.54) is 0 Å². The summed E-state index contributed by atoms with van der Waals surface area (Å²) in [5, 5.41) is 3.91. The molecule has 0 unspecified atom stereocenters. The third-order valence-electron chi connectivity index (χ3n) is 1.85. The zero-order chi connectivity index (χ0) is 8.39. The van der Waals surface area contributed by atoms with Crippen LogP contribution in [0.4, 0.5) is 5.69 Å². The Morgan fingerprint density at radius 3 is 3.00 bits per heavy atom. The van der Waals surface area contributed by atoms with E-state index >= 15 is 0 Å². The first kappa shape index (κ1) is 7.89. The molecule has 0 aromatic carbocycles. The molecule has 12 heavy (non-hydrogen) atoms. The van der Waals surface area contributed by atoms with Gasteiger partial charge in [0, 0.05) is 29.4 Å². The van der Waals surface area contributed by atoms with E-state index in [9.17, 15) is 0 Å². The summed E-state index contributed by atoms with van der Waals surface area (Å²) >= 11 is 1.83. The Labute approximate surface area is 75.8 Å². The Balaban J connectivity index is 2.06. The van der Waals surface area contributed by atoms with Gasteiger partial charge in [-0.2, -0.15) is 0 Å². The van der Waals surface area contributed by atoms with Crippen molar-refractivity contribution in [2.24, 2.45) is 0 Å². The molecular formula is C8H11N3S. The van der Waals surface area contributed by atoms with Crippen LogP contribution in [0, 0.1) is 0 Å². The lowest BCUT2D eigenvalue weighted by Crippen LogP contribution is -2.44. The quantitative estimate of drug-likeness (QED) is 0.706. The van der Waals surface area contributed by atoms with Crippen LogP contribution in [0.25, 0.3) is 0 Å². The molecule has 0 atom stereocenters. The number of rotatable bonds is 2. The van der Waals surface area contributed by atoms with E-state index < -0.39 is 0 Å². The third-order valence-corrected chi connectivity index (χ3v) is 3.14. The van der Waals surface area contributed by atoms with Gasteiger partial charge >= 0.3 is 0 Å². The van der Waals surface area contributed by atoms with Crippen molar-refractivity contribution in [3.05, 3.63) is 18.5 Å². The minimum atomic E-state index is 0.690. The summed E-state index contributed by atoms with van der Waals surface area (Å²) in [7, 11) is 0. The summed E-state index contributed by atoms with van der Waals surface area (Å²) in [6.07, 6.45) is 3.49. The van der Waals surface area contributed by atoms with Crippen molar-refractivity contribution < 1.29 is 0 Å². The fraction of sp³-hybridized carbons (Fsp3) is 0.375. The molecule has 4 heteroatoms. The highest BCUT2D eigenvalue weighted by Crippen LogP contribution is 2.29. The van der Waals surface area contributed by atoms with Crippen LogP contribution in [0.5, 0.6) is 0 Å². The van der Waals surface area contributed by atoms with Crippen LogP contribution >= 0.6 is 11.8 Å². The van der Waals surface area contributed by atoms with Crippen LogP contribution < -0.4 is 11.1 Å². The van der Waals surface area contributed by atoms with Crippen LogP contribution in [0.1, 0.15) is 0 Å². The molecule has 1 fully saturated rings. The second-order valence-electron chi connectivity index (χ2n) is 2.81. The normalized spacial score (nSPS) is 17.3. The van der Waals surface area contributed by atoms with Crippen LogP contribution in [0.15, 0.2) is 23.4 Å². The first-order valence-corrected chi connectivity index (χ1v) is 4.81. The Morgan fingerprint density at radius 2 is 2.42 bits per heavy atom. The Kier molecular flexibility index (Phi) is 2.19. The molecule has 1 saturated heterocycles. The fourth-order valence-electron chi connectivity index (χ4n) is 1.03. The average molecular weight is 181 g/mol. The number of aromatic nitrogens is 1. The second-order valence-corrected chi connectivity index (χ2v) is 4.15. The van der Waals surface area contributed by atoms with Gasteiger partial charge in [0.05, 0.1) is 11.9 Å². The van der Waals surface area contributed by atoms with E-state index in [1.54, 1.807) is 12.4 Å². The highest BCUT2D eigenvalue weighted by atomic mass is 32.2. The number of anilines is 1. The van der Waals surface area contributed by atoms with Crippen LogP contribution in [-0.4, -0.2) is 23.3 Å². The van der Waals surface area contributed by atoms with Crippen LogP contribution in [0.2, 0.25) is 0 Å². The first-order chi connectivity index (χ1) is 5.86. The van der Waals surface area contributed by atoms with Gasteiger partial charge in [0.1, 0.15) is 0 Å². The summed E-state index contributed by atoms with van der Waals surface area (Å²) < 4.78 is 0. The van der Waals surface area contributed by atoms with Gasteiger partial charge in [-0.3, -0.25) is 4.98 Å². The molecule has 2 rings (SSSR count). The van der Waals surface area contributed by atoms with Crippen molar-refractivity contribution in [3.8, 4) is 0 Å². The Bertz CT molecular complexity index is 273. The van der Waals surface area contributed by atoms with Gasteiger partial charge in [-0.1, -0.05) is 0 Å². The SMILES string of the molecule is Nc1cnccc1SC1CNC1. The molecule has 64 valence electrons. The highest BCUT2D eigenvalue weighted by molar-refractivity contribution is 8.00. The average Bonchev–Trinajstić information content (AvgIpc) is 2.00. The summed E-state index contributed by atoms with van der Waals surface area (Å²) in [6.45, 7) is 2.18. The standard InChI is InChI=1S/C8H11N3S/c9-7-5-10-2-1-8(7)12-6-3-11-4-6/h1-2,5-6,11H,3-4,9H2. The van der Waals surface area contributed by atoms with E-state index in [2.05, 4.69) is 10.3 Å². The smallest absolute Gasteiger partial charge is 0.0638 e. The minimum Gasteiger partial charge on any atom is -0.397 e. The lowest BCUT2D eigenvalue weighted by Gasteiger charge is -2.26. The zero-order valence-electron chi connectivity index (χ0n) is 6.66. The lowest BCUT2D eigenvalue weighted by molar-refractivity contribution is 0.544. The van der Waals surface area contributed by atoms with E-state index in [4.69, 9.17) is 5.73 Å². The number of nitrogens with zero attached hydrogens (tertiary/aromatic N) is 1. The lowest BCUT2D eigenvalue weighted by atomic mass is 10.3. The number of nitrogens with two attached hydrogens (primary N) is 1. The van der Waals surface area contributed by atoms with Gasteiger partial charge in [-0.05, 0) is 6.07 Å². The number of nitrogens with one attached hydrogen (secondary N) is 1. The maximum Gasteiger partial charge on any atom is 0.0638 e. The van der Waals surface area contributed by atoms with Gasteiger partial charge in [0.2, 0.25) is 0 Å². The van der Waals surface area contributed by atoms with Gasteiger partial charge in [0.15, 0.2) is 0 Å². The summed E-state index contributed by atoms with van der Waals surface area (Å²) in [5.41, 5.74) is 6.53. The molecule has 2 heterocycles. The summed E-state index contributed by atoms with van der Waals surface area (Å²) in [5.74, 6) is 0. The van der Waals surface area contributed by atoms with Crippen molar-refractivity contribution in [1.29, 1.82) is 0 Å². The molecule has 0 spiro atoms. The molecule has 0 amide bonds. The topological polar surface area (TPSA) is 50.9 Å². The summed E-state index contributed by atoms with van der Waals surface area (Å²) in [4.78, 5) is 5.09. The van der Waals surface area contributed by atoms with E-state index in [0.717, 1.165) is 23.7 Å². The molecule has 0 bridgehead atoms. The maximum absolute atomic E-state index is 5.74. The fourth-order valence-corrected chi connectivity index (χ4v) is 2.12. The van der Waals surface area contributed by atoms with E-state index in [0.29, 0.717) is 5.25 Å². The number of pyridine rings is 1. The van der Waals surface area contributed by atoms with Gasteiger partial charge in [0.25, 0.3) is 0 Å². The molecule has 3 nitrogen and oxygen atoms in total. The van der Waals surface area contributed by atoms with Gasteiger partial charge in [-0.15, -0.1) is 11.8 Å². The monoisotopic (exact) mass is 181 g/mol. The molecular weight excluding hydrogens is 170 g/mol. The Hall–Kier alpha value is -0.740. The molecule has 1 aromatic rings. The molecule has 1 aliphatic rings. The van der Waals surface area contributed by atoms with Gasteiger partial charge < -0.3 is 11.1 Å². The molecule has 0 radical (unpaired) electrons. The largest absolute Gasteiger partial charge is 0.397 e. The molecule has 1 aliphatic heterocycles. The minimum absolute atomic E-state index is 0.690. The van der Waals surface area contributed by atoms with Crippen molar-refractivity contribution in [1.82, 2.24) is 10.3 Å². The van der Waals surface area contributed by atoms with Crippen LogP contribution in [-0.2, 0) is 0 Å². The van der Waals surface area contributed by atoms with Gasteiger partial charge in [-0.25, -0.2) is 0 Å². The summed E-state index contributed by atoms with van der Waals surface area (Å²) in [6, 6.07) is 1.97. The number of hydrogen-bond donors (Lipinski definition) is 2. The Morgan fingerprint density at radius 1 is 1.58 bits per heavy atom. The first-order valence-electron chi connectivity index (χ1n) is 3.93. The van der Waals surface area contributed by atoms with Crippen molar-refractivity contribution in [3.63, 3.8) is 0 Å². The predicted molar refractivity (Wildman–Crippen MR) is 51.2 cm³/mol. The molecule has 3 N–H and O–H groups in total. The molecule has 0 saturated carbocycles. The number of thioether (sulfide) groups is 1. The molecule has 1 aromatic heterocycles. The van der Waals surface area contributed by atoms with E-state index in [1.807, 2.05) is 17.8 Å².